The fourth-order valence-electron chi connectivity index (χ4n) is 2.43. The van der Waals surface area contributed by atoms with E-state index >= 15 is 0 Å². The molecule has 8 nitrogen and oxygen atoms in total. The van der Waals surface area contributed by atoms with Gasteiger partial charge in [-0.05, 0) is 37.1 Å². The molecule has 0 aromatic heterocycles. The van der Waals surface area contributed by atoms with Gasteiger partial charge in [0.25, 0.3) is 0 Å². The lowest BCUT2D eigenvalue weighted by Gasteiger charge is -2.28. The van der Waals surface area contributed by atoms with Gasteiger partial charge < -0.3 is 20.4 Å². The Hall–Kier alpha value is -2.90. The molecule has 0 unspecified atom stereocenters. The molecule has 0 aliphatic heterocycles. The minimum absolute atomic E-state index is 0.0833. The van der Waals surface area contributed by atoms with Gasteiger partial charge >= 0.3 is 23.9 Å². The molecule has 0 radical (unpaired) electrons. The molecule has 0 bridgehead atoms. The van der Waals surface area contributed by atoms with E-state index in [0.717, 1.165) is 6.42 Å². The van der Waals surface area contributed by atoms with Gasteiger partial charge in [0.05, 0.1) is 11.1 Å². The second-order valence-electron chi connectivity index (χ2n) is 5.44. The molecule has 0 spiro atoms. The van der Waals surface area contributed by atoms with Crippen molar-refractivity contribution in [3.05, 3.63) is 35.4 Å². The molecule has 2 rings (SSSR count). The second-order valence-corrected chi connectivity index (χ2v) is 5.44. The lowest BCUT2D eigenvalue weighted by atomic mass is 9.74. The minimum atomic E-state index is -1.49. The van der Waals surface area contributed by atoms with Crippen LogP contribution in [-0.2, 0) is 9.59 Å². The Kier molecular flexibility index (Phi) is 6.46. The molecule has 4 N–H and O–H groups in total. The highest BCUT2D eigenvalue weighted by Crippen LogP contribution is 2.36. The predicted molar refractivity (Wildman–Crippen MR) is 81.2 cm³/mol. The summed E-state index contributed by atoms with van der Waals surface area (Å²) in [5.74, 6) is -4.50. The summed E-state index contributed by atoms with van der Waals surface area (Å²) in [5.41, 5.74) is -1.32. The zero-order chi connectivity index (χ0) is 18.3. The van der Waals surface area contributed by atoms with E-state index in [9.17, 15) is 19.2 Å². The Bertz CT molecular complexity index is 577. The van der Waals surface area contributed by atoms with Crippen molar-refractivity contribution in [1.29, 1.82) is 0 Å². The second kappa shape index (κ2) is 8.09. The summed E-state index contributed by atoms with van der Waals surface area (Å²) in [6.07, 6.45) is 2.91. The summed E-state index contributed by atoms with van der Waals surface area (Å²) < 4.78 is 0. The summed E-state index contributed by atoms with van der Waals surface area (Å²) in [5, 5.41) is 34.5. The first-order chi connectivity index (χ1) is 11.2. The molecular weight excluding hydrogens is 320 g/mol. The summed E-state index contributed by atoms with van der Waals surface area (Å²) in [6, 6.07) is 5.02. The van der Waals surface area contributed by atoms with Gasteiger partial charge in [0.1, 0.15) is 0 Å². The largest absolute Gasteiger partial charge is 0.480 e. The lowest BCUT2D eigenvalue weighted by Crippen LogP contribution is -2.40. The van der Waals surface area contributed by atoms with Crippen LogP contribution in [-0.4, -0.2) is 44.3 Å². The number of carboxylic acids is 4. The quantitative estimate of drug-likeness (QED) is 0.610. The van der Waals surface area contributed by atoms with Crippen LogP contribution in [0.4, 0.5) is 0 Å². The van der Waals surface area contributed by atoms with Crippen LogP contribution in [0.25, 0.3) is 0 Å². The van der Waals surface area contributed by atoms with Crippen LogP contribution in [0.5, 0.6) is 0 Å². The smallest absolute Gasteiger partial charge is 0.335 e. The number of hydrogen-bond acceptors (Lipinski definition) is 4. The van der Waals surface area contributed by atoms with E-state index in [4.69, 9.17) is 20.4 Å². The molecule has 24 heavy (non-hydrogen) atoms. The van der Waals surface area contributed by atoms with Crippen molar-refractivity contribution in [2.24, 2.45) is 5.41 Å². The summed E-state index contributed by atoms with van der Waals surface area (Å²) in [6.45, 7) is 0. The van der Waals surface area contributed by atoms with Gasteiger partial charge in [0.2, 0.25) is 0 Å². The van der Waals surface area contributed by atoms with Crippen molar-refractivity contribution >= 4 is 23.9 Å². The van der Waals surface area contributed by atoms with Crippen LogP contribution in [0.1, 0.15) is 52.8 Å². The zero-order valence-electron chi connectivity index (χ0n) is 12.8. The maximum absolute atomic E-state index is 10.7. The molecule has 0 heterocycles. The van der Waals surface area contributed by atoms with Crippen LogP contribution >= 0.6 is 0 Å². The number of rotatable bonds is 4. The minimum Gasteiger partial charge on any atom is -0.480 e. The summed E-state index contributed by atoms with van der Waals surface area (Å²) in [4.78, 5) is 42.1. The Labute approximate surface area is 137 Å². The lowest BCUT2D eigenvalue weighted by molar-refractivity contribution is -0.167. The molecular formula is C16H18O8. The van der Waals surface area contributed by atoms with Crippen molar-refractivity contribution in [2.75, 3.05) is 0 Å². The van der Waals surface area contributed by atoms with Gasteiger partial charge in [-0.1, -0.05) is 19.3 Å². The maximum Gasteiger partial charge on any atom is 0.335 e. The Morgan fingerprint density at radius 1 is 0.667 bits per heavy atom. The first-order valence-corrected chi connectivity index (χ1v) is 7.24. The topological polar surface area (TPSA) is 149 Å². The summed E-state index contributed by atoms with van der Waals surface area (Å²) >= 11 is 0. The van der Waals surface area contributed by atoms with Crippen molar-refractivity contribution in [1.82, 2.24) is 0 Å². The number of benzene rings is 1. The Balaban J connectivity index is 0.000000240. The van der Waals surface area contributed by atoms with E-state index in [0.29, 0.717) is 12.8 Å². The molecule has 1 aromatic carbocycles. The molecule has 1 aliphatic carbocycles. The highest BCUT2D eigenvalue weighted by atomic mass is 16.4. The first-order valence-electron chi connectivity index (χ1n) is 7.24. The van der Waals surface area contributed by atoms with E-state index in [1.54, 1.807) is 0 Å². The van der Waals surface area contributed by atoms with Gasteiger partial charge in [0, 0.05) is 0 Å². The SMILES string of the molecule is O=C(O)C1(C(=O)O)CCCCC1.O=C(O)c1ccc(C(=O)O)cc1. The number of hydrogen-bond donors (Lipinski definition) is 4. The van der Waals surface area contributed by atoms with Gasteiger partial charge in [-0.2, -0.15) is 0 Å². The zero-order valence-corrected chi connectivity index (χ0v) is 12.8. The molecule has 0 amide bonds. The van der Waals surface area contributed by atoms with E-state index in [2.05, 4.69) is 0 Å². The average molecular weight is 338 g/mol. The molecule has 1 aliphatic rings. The molecule has 1 fully saturated rings. The monoisotopic (exact) mass is 338 g/mol. The van der Waals surface area contributed by atoms with Crippen molar-refractivity contribution in [2.45, 2.75) is 32.1 Å². The number of carboxylic acid groups (broad SMARTS) is 4. The Morgan fingerprint density at radius 2 is 1.00 bits per heavy atom. The Morgan fingerprint density at radius 3 is 1.21 bits per heavy atom. The summed E-state index contributed by atoms with van der Waals surface area (Å²) in [7, 11) is 0. The standard InChI is InChI=1S/C8H6O4.C8H12O4/c9-7(10)5-1-2-6(4-3-5)8(11)12;9-6(10)8(7(11)12)4-2-1-3-5-8/h1-4H,(H,9,10)(H,11,12);1-5H2,(H,9,10)(H,11,12). The van der Waals surface area contributed by atoms with Crippen molar-refractivity contribution < 1.29 is 39.6 Å². The molecule has 0 saturated heterocycles. The fourth-order valence-corrected chi connectivity index (χ4v) is 2.43. The van der Waals surface area contributed by atoms with Crippen LogP contribution in [0.3, 0.4) is 0 Å². The van der Waals surface area contributed by atoms with Crippen LogP contribution in [0.2, 0.25) is 0 Å². The third-order valence-electron chi connectivity index (χ3n) is 3.90. The average Bonchev–Trinajstić information content (AvgIpc) is 2.55. The molecule has 0 atom stereocenters. The van der Waals surface area contributed by atoms with Gasteiger partial charge in [-0.15, -0.1) is 0 Å². The number of aromatic carboxylic acids is 2. The van der Waals surface area contributed by atoms with E-state index in [1.807, 2.05) is 0 Å². The highest BCUT2D eigenvalue weighted by molar-refractivity contribution is 5.98. The highest BCUT2D eigenvalue weighted by Gasteiger charge is 2.46. The van der Waals surface area contributed by atoms with E-state index in [1.165, 1.54) is 24.3 Å². The molecule has 8 heteroatoms. The molecule has 1 saturated carbocycles. The normalized spacial score (nSPS) is 15.5. The number of carbonyl (C=O) groups is 4. The molecule has 1 aromatic rings. The van der Waals surface area contributed by atoms with E-state index in [-0.39, 0.29) is 24.0 Å². The van der Waals surface area contributed by atoms with Crippen LogP contribution in [0, 0.1) is 5.41 Å². The first kappa shape index (κ1) is 19.1. The van der Waals surface area contributed by atoms with Crippen molar-refractivity contribution in [3.63, 3.8) is 0 Å². The number of aliphatic carboxylic acids is 2. The van der Waals surface area contributed by atoms with E-state index < -0.39 is 29.3 Å². The van der Waals surface area contributed by atoms with Gasteiger partial charge in [-0.3, -0.25) is 9.59 Å². The third-order valence-corrected chi connectivity index (χ3v) is 3.90. The van der Waals surface area contributed by atoms with Gasteiger partial charge in [0.15, 0.2) is 5.41 Å². The van der Waals surface area contributed by atoms with Crippen molar-refractivity contribution in [3.8, 4) is 0 Å². The molecule has 130 valence electrons. The fraction of sp³-hybridized carbons (Fsp3) is 0.375. The third kappa shape index (κ3) is 4.55. The van der Waals surface area contributed by atoms with Crippen LogP contribution in [0.15, 0.2) is 24.3 Å². The maximum atomic E-state index is 10.7. The van der Waals surface area contributed by atoms with Gasteiger partial charge in [-0.25, -0.2) is 9.59 Å². The predicted octanol–water partition coefficient (Wildman–Crippen LogP) is 2.19. The van der Waals surface area contributed by atoms with Crippen LogP contribution < -0.4 is 0 Å².